The molecule has 0 heterocycles. The SMILES string of the molecule is C1CCCCCCC(C2(C3CCCCCCCCCCC3)CCCCCCCCCCCC(C3CCCCCCCC3)C2(C2CCCCCCCCCC2)C2CCCCCCCCC2)CCCCC1. The van der Waals surface area contributed by atoms with Crippen molar-refractivity contribution in [2.45, 2.75) is 392 Å². The third-order valence-corrected chi connectivity index (χ3v) is 22.2. The fourth-order valence-electron chi connectivity index (χ4n) is 18.9. The summed E-state index contributed by atoms with van der Waals surface area (Å²) >= 11 is 0. The second-order valence-electron chi connectivity index (χ2n) is 26.9. The second-order valence-corrected chi connectivity index (χ2v) is 26.9. The molecule has 0 aromatic carbocycles. The summed E-state index contributed by atoms with van der Waals surface area (Å²) < 4.78 is 0. The van der Waals surface area contributed by atoms with Gasteiger partial charge in [0, 0.05) is 0 Å². The van der Waals surface area contributed by atoms with Gasteiger partial charge in [-0.3, -0.25) is 0 Å². The summed E-state index contributed by atoms with van der Waals surface area (Å²) in [5, 5.41) is 0. The second kappa shape index (κ2) is 36.9. The Bertz CT molecular complexity index is 1130. The zero-order valence-electron chi connectivity index (χ0n) is 47.6. The van der Waals surface area contributed by atoms with E-state index in [-0.39, 0.29) is 0 Å². The summed E-state index contributed by atoms with van der Waals surface area (Å²) in [5.74, 6) is 5.86. The molecule has 0 heteroatoms. The summed E-state index contributed by atoms with van der Waals surface area (Å²) in [4.78, 5) is 0. The lowest BCUT2D eigenvalue weighted by molar-refractivity contribution is -0.217. The Morgan fingerprint density at radius 2 is 0.348 bits per heavy atom. The molecule has 0 nitrogen and oxygen atoms in total. The maximum absolute atomic E-state index is 1.67. The van der Waals surface area contributed by atoms with Crippen molar-refractivity contribution < 1.29 is 0 Å². The van der Waals surface area contributed by atoms with Crippen LogP contribution in [-0.4, -0.2) is 0 Å². The highest BCUT2D eigenvalue weighted by atomic mass is 14.7. The average molecular weight is 958 g/mol. The number of rotatable bonds is 5. The van der Waals surface area contributed by atoms with Crippen LogP contribution in [-0.2, 0) is 0 Å². The first-order valence-electron chi connectivity index (χ1n) is 34.4. The van der Waals surface area contributed by atoms with Crippen molar-refractivity contribution in [1.29, 1.82) is 0 Å². The smallest absolute Gasteiger partial charge is 0.0148 e. The highest BCUT2D eigenvalue weighted by Crippen LogP contribution is 2.73. The first-order chi connectivity index (χ1) is 34.4. The van der Waals surface area contributed by atoms with E-state index in [9.17, 15) is 0 Å². The minimum atomic E-state index is 0.517. The molecule has 0 saturated heterocycles. The van der Waals surface area contributed by atoms with Crippen molar-refractivity contribution in [1.82, 2.24) is 0 Å². The third-order valence-electron chi connectivity index (χ3n) is 22.2. The van der Waals surface area contributed by atoms with Crippen LogP contribution in [0.3, 0.4) is 0 Å². The Morgan fingerprint density at radius 3 is 0.609 bits per heavy atom. The third kappa shape index (κ3) is 19.6. The summed E-state index contributed by atoms with van der Waals surface area (Å²) in [5.41, 5.74) is 1.04. The van der Waals surface area contributed by atoms with Crippen LogP contribution in [0.15, 0.2) is 0 Å². The lowest BCUT2D eigenvalue weighted by atomic mass is 9.35. The first-order valence-corrected chi connectivity index (χ1v) is 34.4. The number of hydrogen-bond donors (Lipinski definition) is 0. The molecule has 0 aliphatic heterocycles. The minimum absolute atomic E-state index is 0.517. The maximum atomic E-state index is 1.67. The molecular weight excluding hydrogens is 829 g/mol. The van der Waals surface area contributed by atoms with Crippen LogP contribution in [0, 0.1) is 46.3 Å². The molecule has 6 rings (SSSR count). The van der Waals surface area contributed by atoms with Gasteiger partial charge in [-0.25, -0.2) is 0 Å². The predicted octanol–water partition coefficient (Wildman–Crippen LogP) is 24.5. The zero-order valence-corrected chi connectivity index (χ0v) is 47.6. The Morgan fingerprint density at radius 1 is 0.159 bits per heavy atom. The molecule has 6 aliphatic carbocycles. The zero-order chi connectivity index (χ0) is 47.6. The lowest BCUT2D eigenvalue weighted by Gasteiger charge is -2.70. The van der Waals surface area contributed by atoms with Crippen molar-refractivity contribution in [2.24, 2.45) is 46.3 Å². The predicted molar refractivity (Wildman–Crippen MR) is 307 cm³/mol. The van der Waals surface area contributed by atoms with E-state index in [2.05, 4.69) is 0 Å². The molecule has 6 saturated carbocycles. The van der Waals surface area contributed by atoms with Gasteiger partial charge < -0.3 is 0 Å². The molecule has 0 aromatic heterocycles. The highest BCUT2D eigenvalue weighted by molar-refractivity contribution is 5.14. The van der Waals surface area contributed by atoms with Gasteiger partial charge in [0.1, 0.15) is 0 Å². The van der Waals surface area contributed by atoms with E-state index >= 15 is 0 Å². The Labute approximate surface area is 436 Å². The molecule has 0 spiro atoms. The Kier molecular flexibility index (Phi) is 31.1. The van der Waals surface area contributed by atoms with Crippen LogP contribution < -0.4 is 0 Å². The van der Waals surface area contributed by atoms with Crippen molar-refractivity contribution >= 4 is 0 Å². The van der Waals surface area contributed by atoms with Gasteiger partial charge in [-0.05, 0) is 111 Å². The summed E-state index contributed by atoms with van der Waals surface area (Å²) in [7, 11) is 0. The van der Waals surface area contributed by atoms with Crippen molar-refractivity contribution in [3.63, 3.8) is 0 Å². The van der Waals surface area contributed by atoms with E-state index in [0.29, 0.717) is 10.8 Å². The van der Waals surface area contributed by atoms with Crippen LogP contribution in [0.5, 0.6) is 0 Å². The van der Waals surface area contributed by atoms with E-state index < -0.39 is 0 Å². The van der Waals surface area contributed by atoms with Gasteiger partial charge in [0.2, 0.25) is 0 Å². The van der Waals surface area contributed by atoms with Crippen molar-refractivity contribution in [3.05, 3.63) is 0 Å². The Hall–Kier alpha value is 0. The molecule has 6 fully saturated rings. The van der Waals surface area contributed by atoms with Gasteiger partial charge in [0.05, 0.1) is 0 Å². The van der Waals surface area contributed by atoms with E-state index in [1.807, 2.05) is 0 Å². The van der Waals surface area contributed by atoms with Gasteiger partial charge in [0.15, 0.2) is 0 Å². The van der Waals surface area contributed by atoms with Gasteiger partial charge in [-0.15, -0.1) is 0 Å². The Balaban J connectivity index is 1.70. The fourth-order valence-corrected chi connectivity index (χ4v) is 18.9. The molecule has 0 bridgehead atoms. The summed E-state index contributed by atoms with van der Waals surface area (Å²) in [6.45, 7) is 0. The summed E-state index contributed by atoms with van der Waals surface area (Å²) in [6.07, 6.45) is 95.1. The van der Waals surface area contributed by atoms with Crippen LogP contribution >= 0.6 is 0 Å². The van der Waals surface area contributed by atoms with E-state index in [1.165, 1.54) is 161 Å². The molecule has 0 aromatic rings. The van der Waals surface area contributed by atoms with Gasteiger partial charge in [0.25, 0.3) is 0 Å². The largest absolute Gasteiger partial charge is 0.0533 e. The van der Waals surface area contributed by atoms with Crippen LogP contribution in [0.25, 0.3) is 0 Å². The van der Waals surface area contributed by atoms with Gasteiger partial charge >= 0.3 is 0 Å². The quantitative estimate of drug-likeness (QED) is 0.258. The normalized spacial score (nSPS) is 32.3. The fraction of sp³-hybridized carbons (Fsp3) is 1.00. The standard InChI is InChI=1S/C69H128/c1-2-6-15-29-41-53-63(52-40-28-14-5-1)68(64-54-42-30-16-7-3-8-17-31-43-55-64)61-49-37-25-12-4-9-22-36-48-60-67(62-50-38-26-23-24-27-39-51-62)69(68,66-58-46-34-20-13-21-35-47-59-66)65-56-44-32-18-10-11-19-33-45-57-65/h62-67H,1-61H2. The molecule has 69 heavy (non-hydrogen) atoms. The van der Waals surface area contributed by atoms with Crippen molar-refractivity contribution in [3.8, 4) is 0 Å². The average Bonchev–Trinajstić information content (AvgIpc) is 3.47. The molecule has 3 atom stereocenters. The monoisotopic (exact) mass is 957 g/mol. The van der Waals surface area contributed by atoms with Gasteiger partial charge in [-0.1, -0.05) is 327 Å². The highest BCUT2D eigenvalue weighted by Gasteiger charge is 2.66. The summed E-state index contributed by atoms with van der Waals surface area (Å²) in [6, 6.07) is 0. The topological polar surface area (TPSA) is 0 Å². The molecule has 404 valence electrons. The maximum Gasteiger partial charge on any atom is -0.0148 e. The lowest BCUT2D eigenvalue weighted by Crippen LogP contribution is -2.64. The van der Waals surface area contributed by atoms with Crippen molar-refractivity contribution in [2.75, 3.05) is 0 Å². The van der Waals surface area contributed by atoms with Crippen LogP contribution in [0.2, 0.25) is 0 Å². The molecule has 0 radical (unpaired) electrons. The van der Waals surface area contributed by atoms with Crippen LogP contribution in [0.4, 0.5) is 0 Å². The minimum Gasteiger partial charge on any atom is -0.0533 e. The number of hydrogen-bond acceptors (Lipinski definition) is 0. The van der Waals surface area contributed by atoms with E-state index in [1.54, 1.807) is 231 Å². The molecular formula is C69H128. The first kappa shape index (κ1) is 58.3. The molecule has 0 N–H and O–H groups in total. The van der Waals surface area contributed by atoms with E-state index in [4.69, 9.17) is 0 Å². The van der Waals surface area contributed by atoms with E-state index in [0.717, 1.165) is 35.5 Å². The molecule has 0 amide bonds. The van der Waals surface area contributed by atoms with Gasteiger partial charge in [-0.2, -0.15) is 0 Å². The molecule has 3 unspecified atom stereocenters. The van der Waals surface area contributed by atoms with Crippen LogP contribution in [0.1, 0.15) is 392 Å². The molecule has 6 aliphatic rings.